The van der Waals surface area contributed by atoms with Crippen LogP contribution < -0.4 is 5.73 Å². The molecule has 0 radical (unpaired) electrons. The van der Waals surface area contributed by atoms with Crippen LogP contribution in [0.2, 0.25) is 0 Å². The molecule has 0 fully saturated rings. The summed E-state index contributed by atoms with van der Waals surface area (Å²) >= 11 is 1.53. The molecule has 3 N–H and O–H groups in total. The minimum Gasteiger partial charge on any atom is -0.465 e. The molecule has 0 aliphatic heterocycles. The summed E-state index contributed by atoms with van der Waals surface area (Å²) in [5.41, 5.74) is 9.77. The van der Waals surface area contributed by atoms with Gasteiger partial charge < -0.3 is 15.5 Å². The standard InChI is InChI=1S/C8H9NO2.C7H6N2OS/c1-11-8(10)6-2-4-7(9)5-3-6;1-4(10)5-2-6-7(9-5)8-3-11-6/h2-5H,9H2,1H3;2-3,9H,1H3. The third kappa shape index (κ3) is 3.70. The highest BCUT2D eigenvalue weighted by atomic mass is 32.1. The van der Waals surface area contributed by atoms with E-state index in [1.807, 2.05) is 6.07 Å². The zero-order valence-electron chi connectivity index (χ0n) is 12.1. The number of carbonyl (C=O) groups excluding carboxylic acids is 2. The van der Waals surface area contributed by atoms with Crippen molar-refractivity contribution in [2.24, 2.45) is 0 Å². The fourth-order valence-corrected chi connectivity index (χ4v) is 2.35. The van der Waals surface area contributed by atoms with Crippen LogP contribution in [-0.4, -0.2) is 28.8 Å². The second-order valence-corrected chi connectivity index (χ2v) is 5.30. The van der Waals surface area contributed by atoms with E-state index in [1.165, 1.54) is 25.4 Å². The third-order valence-electron chi connectivity index (χ3n) is 2.83. The number of ketones is 1. The maximum absolute atomic E-state index is 10.9. The van der Waals surface area contributed by atoms with Gasteiger partial charge in [0.25, 0.3) is 0 Å². The minimum atomic E-state index is -0.343. The van der Waals surface area contributed by atoms with Gasteiger partial charge >= 0.3 is 5.97 Å². The van der Waals surface area contributed by atoms with Crippen LogP contribution in [0.25, 0.3) is 10.3 Å². The number of methoxy groups -OCH3 is 1. The van der Waals surface area contributed by atoms with Crippen molar-refractivity contribution in [3.63, 3.8) is 0 Å². The van der Waals surface area contributed by atoms with E-state index in [0.29, 0.717) is 16.9 Å². The number of benzene rings is 1. The number of rotatable bonds is 2. The van der Waals surface area contributed by atoms with Crippen LogP contribution in [0.1, 0.15) is 27.8 Å². The Labute approximate surface area is 130 Å². The maximum atomic E-state index is 10.9. The molecule has 1 aromatic carbocycles. The lowest BCUT2D eigenvalue weighted by Gasteiger charge is -1.97. The van der Waals surface area contributed by atoms with Crippen LogP contribution in [0.5, 0.6) is 0 Å². The monoisotopic (exact) mass is 317 g/mol. The normalized spacial score (nSPS) is 9.91. The van der Waals surface area contributed by atoms with Crippen LogP contribution in [0, 0.1) is 0 Å². The number of nitrogens with two attached hydrogens (primary N) is 1. The number of hydrogen-bond donors (Lipinski definition) is 2. The Bertz CT molecular complexity index is 761. The van der Waals surface area contributed by atoms with Gasteiger partial charge in [-0.1, -0.05) is 0 Å². The lowest BCUT2D eigenvalue weighted by atomic mass is 10.2. The molecule has 0 aliphatic carbocycles. The van der Waals surface area contributed by atoms with Crippen molar-refractivity contribution in [2.75, 3.05) is 12.8 Å². The van der Waals surface area contributed by atoms with Gasteiger partial charge in [-0.15, -0.1) is 11.3 Å². The molecule has 114 valence electrons. The van der Waals surface area contributed by atoms with Crippen molar-refractivity contribution in [1.29, 1.82) is 0 Å². The number of H-pyrrole nitrogens is 1. The molecule has 7 heteroatoms. The molecule has 3 rings (SSSR count). The Morgan fingerprint density at radius 3 is 2.50 bits per heavy atom. The zero-order chi connectivity index (χ0) is 16.1. The minimum absolute atomic E-state index is 0.0511. The molecule has 3 aromatic rings. The molecule has 0 spiro atoms. The van der Waals surface area contributed by atoms with E-state index in [4.69, 9.17) is 5.73 Å². The molecule has 0 bridgehead atoms. The topological polar surface area (TPSA) is 98.1 Å². The third-order valence-corrected chi connectivity index (χ3v) is 3.61. The molecule has 0 aliphatic rings. The number of nitrogen functional groups attached to an aromatic ring is 1. The van der Waals surface area contributed by atoms with Crippen LogP contribution in [-0.2, 0) is 4.74 Å². The summed E-state index contributed by atoms with van der Waals surface area (Å²) in [6.07, 6.45) is 0. The Morgan fingerprint density at radius 1 is 1.27 bits per heavy atom. The van der Waals surface area contributed by atoms with E-state index in [0.717, 1.165) is 10.3 Å². The van der Waals surface area contributed by atoms with E-state index in [1.54, 1.807) is 29.8 Å². The molecular weight excluding hydrogens is 302 g/mol. The first kappa shape index (κ1) is 15.7. The number of Topliss-reactive ketones (excluding diaryl/α,β-unsaturated/α-hetero) is 1. The van der Waals surface area contributed by atoms with Crippen LogP contribution in [0.3, 0.4) is 0 Å². The van der Waals surface area contributed by atoms with Crippen LogP contribution >= 0.6 is 11.3 Å². The Kier molecular flexibility index (Phi) is 4.90. The second kappa shape index (κ2) is 6.86. The van der Waals surface area contributed by atoms with Gasteiger partial charge in [-0.25, -0.2) is 9.78 Å². The SMILES string of the molecule is CC(=O)c1cc2scnc2[nH]1.COC(=O)c1ccc(N)cc1. The molecule has 0 amide bonds. The van der Waals surface area contributed by atoms with Gasteiger partial charge in [0.1, 0.15) is 5.65 Å². The number of aromatic amines is 1. The number of anilines is 1. The number of nitrogens with zero attached hydrogens (tertiary/aromatic N) is 1. The quantitative estimate of drug-likeness (QED) is 0.430. The Balaban J connectivity index is 0.000000160. The smallest absolute Gasteiger partial charge is 0.337 e. The zero-order valence-corrected chi connectivity index (χ0v) is 12.9. The van der Waals surface area contributed by atoms with Crippen LogP contribution in [0.15, 0.2) is 35.8 Å². The average Bonchev–Trinajstić information content (AvgIpc) is 3.09. The van der Waals surface area contributed by atoms with Crippen molar-refractivity contribution < 1.29 is 14.3 Å². The van der Waals surface area contributed by atoms with Crippen molar-refractivity contribution in [2.45, 2.75) is 6.92 Å². The van der Waals surface area contributed by atoms with E-state index >= 15 is 0 Å². The van der Waals surface area contributed by atoms with Crippen molar-refractivity contribution >= 4 is 39.1 Å². The fraction of sp³-hybridized carbons (Fsp3) is 0.133. The molecular formula is C15H15N3O3S. The van der Waals surface area contributed by atoms with E-state index in [-0.39, 0.29) is 11.8 Å². The first-order chi connectivity index (χ1) is 10.5. The summed E-state index contributed by atoms with van der Waals surface area (Å²) in [5.74, 6) is -0.291. The summed E-state index contributed by atoms with van der Waals surface area (Å²) in [6, 6.07) is 8.40. The first-order valence-corrected chi connectivity index (χ1v) is 7.26. The maximum Gasteiger partial charge on any atom is 0.337 e. The number of thiazole rings is 1. The molecule has 22 heavy (non-hydrogen) atoms. The average molecular weight is 317 g/mol. The van der Waals surface area contributed by atoms with Crippen molar-refractivity contribution in [3.05, 3.63) is 47.1 Å². The predicted octanol–water partition coefficient (Wildman–Crippen LogP) is 2.88. The number of fused-ring (bicyclic) bond motifs is 1. The molecule has 2 heterocycles. The fourth-order valence-electron chi connectivity index (χ4n) is 1.67. The number of carbonyl (C=O) groups is 2. The molecule has 0 saturated carbocycles. The molecule has 0 atom stereocenters. The van der Waals surface area contributed by atoms with Gasteiger partial charge in [-0.05, 0) is 30.3 Å². The van der Waals surface area contributed by atoms with E-state index in [9.17, 15) is 9.59 Å². The molecule has 2 aromatic heterocycles. The molecule has 0 saturated heterocycles. The molecule has 0 unspecified atom stereocenters. The van der Waals surface area contributed by atoms with E-state index in [2.05, 4.69) is 14.7 Å². The number of nitrogens with one attached hydrogen (secondary N) is 1. The lowest BCUT2D eigenvalue weighted by Crippen LogP contribution is -2.00. The summed E-state index contributed by atoms with van der Waals surface area (Å²) in [5, 5.41) is 0. The largest absolute Gasteiger partial charge is 0.465 e. The van der Waals surface area contributed by atoms with Gasteiger partial charge in [0.2, 0.25) is 0 Å². The lowest BCUT2D eigenvalue weighted by molar-refractivity contribution is 0.0600. The number of ether oxygens (including phenoxy) is 1. The van der Waals surface area contributed by atoms with Gasteiger partial charge in [0.15, 0.2) is 5.78 Å². The Morgan fingerprint density at radius 2 is 1.95 bits per heavy atom. The Hall–Kier alpha value is -2.67. The summed E-state index contributed by atoms with van der Waals surface area (Å²) in [4.78, 5) is 28.7. The first-order valence-electron chi connectivity index (χ1n) is 6.38. The van der Waals surface area contributed by atoms with Gasteiger partial charge in [0.05, 0.1) is 28.6 Å². The highest BCUT2D eigenvalue weighted by molar-refractivity contribution is 7.16. The predicted molar refractivity (Wildman–Crippen MR) is 86.2 cm³/mol. The van der Waals surface area contributed by atoms with Crippen molar-refractivity contribution in [3.8, 4) is 0 Å². The highest BCUT2D eigenvalue weighted by Gasteiger charge is 2.05. The number of aromatic nitrogens is 2. The highest BCUT2D eigenvalue weighted by Crippen LogP contribution is 2.18. The van der Waals surface area contributed by atoms with Crippen LogP contribution in [0.4, 0.5) is 5.69 Å². The van der Waals surface area contributed by atoms with Gasteiger partial charge in [-0.2, -0.15) is 0 Å². The summed E-state index contributed by atoms with van der Waals surface area (Å²) < 4.78 is 5.53. The second-order valence-electron chi connectivity index (χ2n) is 4.42. The van der Waals surface area contributed by atoms with E-state index < -0.39 is 0 Å². The number of esters is 1. The summed E-state index contributed by atoms with van der Waals surface area (Å²) in [6.45, 7) is 1.54. The molecule has 6 nitrogen and oxygen atoms in total. The van der Waals surface area contributed by atoms with Crippen molar-refractivity contribution in [1.82, 2.24) is 9.97 Å². The summed E-state index contributed by atoms with van der Waals surface area (Å²) in [7, 11) is 1.35. The van der Waals surface area contributed by atoms with Gasteiger partial charge in [-0.3, -0.25) is 4.79 Å². The van der Waals surface area contributed by atoms with Gasteiger partial charge in [0, 0.05) is 12.6 Å². The number of hydrogen-bond acceptors (Lipinski definition) is 6.